The number of fused-ring (bicyclic) bond motifs is 1. The van der Waals surface area contributed by atoms with E-state index in [1.54, 1.807) is 0 Å². The number of aromatic nitrogens is 3. The minimum Gasteiger partial charge on any atom is -0.320 e. The SMILES string of the molecule is O=C(C1=C(C(F)(F)F)Nc2ncnn2[C@H]1c1ccc(Cl)cc1)c1ccc(F)cc1. The van der Waals surface area contributed by atoms with E-state index < -0.39 is 35.1 Å². The van der Waals surface area contributed by atoms with Gasteiger partial charge >= 0.3 is 6.18 Å². The molecule has 1 aromatic heterocycles. The summed E-state index contributed by atoms with van der Waals surface area (Å²) in [7, 11) is 0. The summed E-state index contributed by atoms with van der Waals surface area (Å²) < 4.78 is 56.1. The van der Waals surface area contributed by atoms with E-state index in [-0.39, 0.29) is 11.5 Å². The zero-order valence-corrected chi connectivity index (χ0v) is 15.2. The lowest BCUT2D eigenvalue weighted by molar-refractivity contribution is -0.0918. The predicted octanol–water partition coefficient (Wildman–Crippen LogP) is 4.78. The Labute approximate surface area is 166 Å². The average Bonchev–Trinajstić information content (AvgIpc) is 3.15. The summed E-state index contributed by atoms with van der Waals surface area (Å²) in [5.41, 5.74) is -1.56. The van der Waals surface area contributed by atoms with Gasteiger partial charge in [0.25, 0.3) is 0 Å². The maximum absolute atomic E-state index is 13.9. The fraction of sp³-hybridized carbons (Fsp3) is 0.105. The molecule has 2 heterocycles. The van der Waals surface area contributed by atoms with Gasteiger partial charge in [0, 0.05) is 10.6 Å². The molecule has 148 valence electrons. The van der Waals surface area contributed by atoms with E-state index in [9.17, 15) is 22.4 Å². The Bertz CT molecular complexity index is 1100. The highest BCUT2D eigenvalue weighted by Crippen LogP contribution is 2.42. The van der Waals surface area contributed by atoms with Crippen molar-refractivity contribution in [3.8, 4) is 0 Å². The lowest BCUT2D eigenvalue weighted by atomic mass is 9.89. The molecule has 0 amide bonds. The second kappa shape index (κ2) is 7.00. The van der Waals surface area contributed by atoms with Crippen molar-refractivity contribution in [1.29, 1.82) is 0 Å². The molecule has 29 heavy (non-hydrogen) atoms. The highest BCUT2D eigenvalue weighted by atomic mass is 35.5. The maximum Gasteiger partial charge on any atom is 0.431 e. The number of anilines is 1. The number of Topliss-reactive ketones (excluding diaryl/α,β-unsaturated/α-hetero) is 1. The van der Waals surface area contributed by atoms with Gasteiger partial charge in [-0.3, -0.25) is 4.79 Å². The molecule has 0 saturated carbocycles. The molecule has 10 heteroatoms. The van der Waals surface area contributed by atoms with Crippen molar-refractivity contribution >= 4 is 23.3 Å². The number of rotatable bonds is 3. The lowest BCUT2D eigenvalue weighted by Gasteiger charge is -2.30. The molecule has 2 aromatic carbocycles. The first-order valence-electron chi connectivity index (χ1n) is 8.29. The van der Waals surface area contributed by atoms with Crippen LogP contribution in [-0.2, 0) is 0 Å². The van der Waals surface area contributed by atoms with E-state index in [0.717, 1.165) is 30.6 Å². The van der Waals surface area contributed by atoms with E-state index in [2.05, 4.69) is 15.4 Å². The number of halogens is 5. The van der Waals surface area contributed by atoms with Gasteiger partial charge in [0.05, 0.1) is 5.57 Å². The summed E-state index contributed by atoms with van der Waals surface area (Å²) in [6.07, 6.45) is -3.78. The van der Waals surface area contributed by atoms with Crippen molar-refractivity contribution in [2.24, 2.45) is 0 Å². The standard InChI is InChI=1S/C19H11ClF4N4O/c20-12-5-1-10(2-6-12)15-14(16(29)11-3-7-13(21)8-4-11)17(19(22,23)24)27-18-25-9-26-28(15)18/h1-9,15H,(H,25,26,27)/t15-/m0/s1. The van der Waals surface area contributed by atoms with Gasteiger partial charge in [0.15, 0.2) is 5.78 Å². The number of ketones is 1. The number of nitrogens with one attached hydrogen (secondary N) is 1. The third-order valence-corrected chi connectivity index (χ3v) is 4.67. The zero-order chi connectivity index (χ0) is 20.8. The first kappa shape index (κ1) is 19.1. The van der Waals surface area contributed by atoms with Crippen LogP contribution in [0.5, 0.6) is 0 Å². The molecule has 5 nitrogen and oxygen atoms in total. The normalized spacial score (nSPS) is 16.4. The molecule has 0 radical (unpaired) electrons. The van der Waals surface area contributed by atoms with Crippen molar-refractivity contribution in [1.82, 2.24) is 14.8 Å². The van der Waals surface area contributed by atoms with Crippen LogP contribution in [0, 0.1) is 5.82 Å². The number of benzene rings is 2. The van der Waals surface area contributed by atoms with Gasteiger partial charge < -0.3 is 5.32 Å². The largest absolute Gasteiger partial charge is 0.431 e. The third kappa shape index (κ3) is 3.49. The number of allylic oxidation sites excluding steroid dienone is 2. The molecule has 1 atom stereocenters. The second-order valence-electron chi connectivity index (χ2n) is 6.23. The fourth-order valence-electron chi connectivity index (χ4n) is 3.14. The van der Waals surface area contributed by atoms with Gasteiger partial charge in [-0.15, -0.1) is 0 Å². The highest BCUT2D eigenvalue weighted by Gasteiger charge is 2.45. The van der Waals surface area contributed by atoms with Crippen LogP contribution < -0.4 is 5.32 Å². The number of hydrogen-bond acceptors (Lipinski definition) is 4. The minimum atomic E-state index is -4.87. The first-order chi connectivity index (χ1) is 13.8. The lowest BCUT2D eigenvalue weighted by Crippen LogP contribution is -2.35. The van der Waals surface area contributed by atoms with Crippen molar-refractivity contribution in [3.05, 3.63) is 88.1 Å². The van der Waals surface area contributed by atoms with Crippen LogP contribution in [0.25, 0.3) is 0 Å². The van der Waals surface area contributed by atoms with Crippen LogP contribution in [0.2, 0.25) is 5.02 Å². The number of hydrogen-bond donors (Lipinski definition) is 1. The Morgan fingerprint density at radius 3 is 2.34 bits per heavy atom. The van der Waals surface area contributed by atoms with Gasteiger partial charge in [-0.2, -0.15) is 23.3 Å². The summed E-state index contributed by atoms with van der Waals surface area (Å²) in [4.78, 5) is 17.0. The smallest absolute Gasteiger partial charge is 0.320 e. The van der Waals surface area contributed by atoms with E-state index in [0.29, 0.717) is 10.6 Å². The van der Waals surface area contributed by atoms with Gasteiger partial charge in [0.1, 0.15) is 23.9 Å². The van der Waals surface area contributed by atoms with Crippen molar-refractivity contribution in [2.45, 2.75) is 12.2 Å². The average molecular weight is 423 g/mol. The van der Waals surface area contributed by atoms with Crippen LogP contribution in [-0.4, -0.2) is 26.7 Å². The van der Waals surface area contributed by atoms with Crippen LogP contribution in [0.15, 0.2) is 66.1 Å². The van der Waals surface area contributed by atoms with E-state index in [1.165, 1.54) is 28.9 Å². The van der Waals surface area contributed by atoms with E-state index >= 15 is 0 Å². The van der Waals surface area contributed by atoms with Crippen LogP contribution in [0.4, 0.5) is 23.5 Å². The fourth-order valence-corrected chi connectivity index (χ4v) is 3.26. The molecule has 1 aliphatic heterocycles. The molecular formula is C19H11ClF4N4O. The minimum absolute atomic E-state index is 0.0903. The molecule has 0 spiro atoms. The zero-order valence-electron chi connectivity index (χ0n) is 14.4. The Hall–Kier alpha value is -3.20. The summed E-state index contributed by atoms with van der Waals surface area (Å²) in [5.74, 6) is -1.68. The van der Waals surface area contributed by atoms with Gasteiger partial charge in [0.2, 0.25) is 5.95 Å². The number of carbonyl (C=O) groups excluding carboxylic acids is 1. The number of alkyl halides is 3. The van der Waals surface area contributed by atoms with Gasteiger partial charge in [-0.25, -0.2) is 9.07 Å². The first-order valence-corrected chi connectivity index (χ1v) is 8.67. The van der Waals surface area contributed by atoms with Crippen molar-refractivity contribution in [3.63, 3.8) is 0 Å². The molecular weight excluding hydrogens is 412 g/mol. The quantitative estimate of drug-likeness (QED) is 0.487. The molecule has 1 N–H and O–H groups in total. The molecule has 0 unspecified atom stereocenters. The molecule has 0 aliphatic carbocycles. The number of carbonyl (C=O) groups is 1. The molecule has 4 rings (SSSR count). The van der Waals surface area contributed by atoms with Crippen LogP contribution >= 0.6 is 11.6 Å². The van der Waals surface area contributed by atoms with E-state index in [1.807, 2.05) is 0 Å². The topological polar surface area (TPSA) is 59.8 Å². The summed E-state index contributed by atoms with van der Waals surface area (Å²) in [6, 6.07) is 9.10. The second-order valence-corrected chi connectivity index (χ2v) is 6.67. The molecule has 1 aliphatic rings. The highest BCUT2D eigenvalue weighted by molar-refractivity contribution is 6.30. The van der Waals surface area contributed by atoms with Gasteiger partial charge in [-0.05, 0) is 42.0 Å². The molecule has 0 fully saturated rings. The Morgan fingerprint density at radius 2 is 1.72 bits per heavy atom. The molecule has 0 bridgehead atoms. The van der Waals surface area contributed by atoms with Crippen LogP contribution in [0.3, 0.4) is 0 Å². The van der Waals surface area contributed by atoms with Crippen molar-refractivity contribution in [2.75, 3.05) is 5.32 Å². The van der Waals surface area contributed by atoms with Crippen LogP contribution in [0.1, 0.15) is 22.0 Å². The summed E-state index contributed by atoms with van der Waals surface area (Å²) in [5, 5.41) is 6.54. The van der Waals surface area contributed by atoms with E-state index in [4.69, 9.17) is 11.6 Å². The predicted molar refractivity (Wildman–Crippen MR) is 97.0 cm³/mol. The Kier molecular flexibility index (Phi) is 4.62. The Balaban J connectivity index is 1.96. The van der Waals surface area contributed by atoms with Gasteiger partial charge in [-0.1, -0.05) is 23.7 Å². The maximum atomic E-state index is 13.9. The third-order valence-electron chi connectivity index (χ3n) is 4.42. The van der Waals surface area contributed by atoms with Crippen molar-refractivity contribution < 1.29 is 22.4 Å². The molecule has 3 aromatic rings. The summed E-state index contributed by atoms with van der Waals surface area (Å²) in [6.45, 7) is 0. The molecule has 0 saturated heterocycles. The number of nitrogens with zero attached hydrogens (tertiary/aromatic N) is 3. The Morgan fingerprint density at radius 1 is 1.07 bits per heavy atom. The monoisotopic (exact) mass is 422 g/mol. The summed E-state index contributed by atoms with van der Waals surface area (Å²) >= 11 is 5.90.